The Hall–Kier alpha value is -3.50. The zero-order valence-electron chi connectivity index (χ0n) is 19.5. The Bertz CT molecular complexity index is 1210. The number of nitrogens with zero attached hydrogens (tertiary/aromatic N) is 4. The highest BCUT2D eigenvalue weighted by Gasteiger charge is 2.41. The molecule has 3 heterocycles. The topological polar surface area (TPSA) is 94.7 Å². The molecular formula is C24H27N5O4S. The van der Waals surface area contributed by atoms with Gasteiger partial charge in [0, 0.05) is 37.3 Å². The average Bonchev–Trinajstić information content (AvgIpc) is 3.32. The Kier molecular flexibility index (Phi) is 6.80. The monoisotopic (exact) mass is 481 g/mol. The molecule has 1 aromatic carbocycles. The summed E-state index contributed by atoms with van der Waals surface area (Å²) in [6, 6.07) is 12.4. The maximum Gasteiger partial charge on any atom is 0.273 e. The van der Waals surface area contributed by atoms with Crippen molar-refractivity contribution >= 4 is 23.0 Å². The van der Waals surface area contributed by atoms with Crippen LogP contribution in [0.4, 0.5) is 5.69 Å². The molecule has 3 aromatic rings. The molecule has 0 aliphatic carbocycles. The van der Waals surface area contributed by atoms with Crippen molar-refractivity contribution in [3.05, 3.63) is 81.4 Å². The molecule has 0 radical (unpaired) electrons. The number of methoxy groups -OCH3 is 2. The van der Waals surface area contributed by atoms with Crippen LogP contribution < -0.4 is 10.1 Å². The van der Waals surface area contributed by atoms with E-state index in [2.05, 4.69) is 25.8 Å². The van der Waals surface area contributed by atoms with E-state index in [4.69, 9.17) is 21.7 Å². The number of nitrogens with one attached hydrogen (secondary N) is 1. The largest absolute Gasteiger partial charge is 0.494 e. The summed E-state index contributed by atoms with van der Waals surface area (Å²) in [5, 5.41) is 15.4. The maximum atomic E-state index is 11.3. The lowest BCUT2D eigenvalue weighted by Gasteiger charge is -2.28. The molecule has 1 aliphatic rings. The molecule has 2 atom stereocenters. The Morgan fingerprint density at radius 1 is 1.21 bits per heavy atom. The van der Waals surface area contributed by atoms with Gasteiger partial charge >= 0.3 is 0 Å². The molecule has 0 bridgehead atoms. The first-order valence-electron chi connectivity index (χ1n) is 10.9. The number of benzene rings is 1. The molecule has 1 fully saturated rings. The molecule has 4 rings (SSSR count). The van der Waals surface area contributed by atoms with E-state index >= 15 is 0 Å². The van der Waals surface area contributed by atoms with E-state index in [1.54, 1.807) is 19.4 Å². The van der Waals surface area contributed by atoms with Gasteiger partial charge in [0.05, 0.1) is 48.2 Å². The van der Waals surface area contributed by atoms with Crippen LogP contribution in [0.1, 0.15) is 34.7 Å². The number of nitro benzene ring substituents is 1. The molecule has 10 heteroatoms. The molecule has 0 spiro atoms. The second-order valence-electron chi connectivity index (χ2n) is 8.09. The van der Waals surface area contributed by atoms with Gasteiger partial charge in [-0.05, 0) is 55.9 Å². The lowest BCUT2D eigenvalue weighted by atomic mass is 9.97. The van der Waals surface area contributed by atoms with Crippen LogP contribution in [0.3, 0.4) is 0 Å². The molecule has 1 aliphatic heterocycles. The molecule has 0 amide bonds. The van der Waals surface area contributed by atoms with Crippen LogP contribution in [0.2, 0.25) is 0 Å². The van der Waals surface area contributed by atoms with E-state index in [1.807, 2.05) is 32.0 Å². The Balaban J connectivity index is 1.84. The highest BCUT2D eigenvalue weighted by molar-refractivity contribution is 7.80. The molecule has 178 valence electrons. The number of rotatable bonds is 8. The van der Waals surface area contributed by atoms with Gasteiger partial charge in [-0.2, -0.15) is 0 Å². The minimum atomic E-state index is -0.427. The number of nitro groups is 1. The fourth-order valence-corrected chi connectivity index (χ4v) is 4.93. The first-order chi connectivity index (χ1) is 16.4. The number of pyridine rings is 1. The summed E-state index contributed by atoms with van der Waals surface area (Å²) in [7, 11) is 3.19. The number of aryl methyl sites for hydroxylation is 1. The number of non-ortho nitro benzene ring substituents is 1. The van der Waals surface area contributed by atoms with Gasteiger partial charge in [-0.1, -0.05) is 6.07 Å². The molecule has 0 saturated carbocycles. The van der Waals surface area contributed by atoms with Crippen molar-refractivity contribution in [1.82, 2.24) is 19.8 Å². The summed E-state index contributed by atoms with van der Waals surface area (Å²) in [4.78, 5) is 17.5. The maximum absolute atomic E-state index is 11.3. The minimum absolute atomic E-state index is 0.0189. The van der Waals surface area contributed by atoms with Crippen LogP contribution in [-0.4, -0.2) is 51.9 Å². The second kappa shape index (κ2) is 9.78. The highest BCUT2D eigenvalue weighted by Crippen LogP contribution is 2.42. The molecule has 1 saturated heterocycles. The minimum Gasteiger partial charge on any atom is -0.494 e. The number of aromatic nitrogens is 2. The Labute approximate surface area is 203 Å². The number of ether oxygens (including phenoxy) is 2. The van der Waals surface area contributed by atoms with Crippen LogP contribution in [-0.2, 0) is 4.74 Å². The third-order valence-electron chi connectivity index (χ3n) is 6.14. The average molecular weight is 482 g/mol. The van der Waals surface area contributed by atoms with Crippen LogP contribution in [0.25, 0.3) is 5.69 Å². The number of hydrogen-bond acceptors (Lipinski definition) is 6. The first-order valence-corrected chi connectivity index (χ1v) is 11.3. The summed E-state index contributed by atoms with van der Waals surface area (Å²) in [6.45, 7) is 5.20. The van der Waals surface area contributed by atoms with Gasteiger partial charge in [-0.15, -0.1) is 0 Å². The van der Waals surface area contributed by atoms with Crippen LogP contribution >= 0.6 is 12.2 Å². The van der Waals surface area contributed by atoms with Gasteiger partial charge in [0.25, 0.3) is 5.69 Å². The second-order valence-corrected chi connectivity index (χ2v) is 8.47. The molecule has 34 heavy (non-hydrogen) atoms. The van der Waals surface area contributed by atoms with E-state index in [-0.39, 0.29) is 17.8 Å². The molecule has 1 N–H and O–H groups in total. The summed E-state index contributed by atoms with van der Waals surface area (Å²) < 4.78 is 12.9. The Morgan fingerprint density at radius 3 is 2.65 bits per heavy atom. The van der Waals surface area contributed by atoms with E-state index in [9.17, 15) is 10.1 Å². The van der Waals surface area contributed by atoms with Gasteiger partial charge in [0.1, 0.15) is 5.75 Å². The standard InChI is InChI=1S/C24H27N5O4S/c1-15-13-18(16(2)28(15)20-9-8-17(29(30)31)14-21(20)33-4)23-22(19-7-5-6-10-25-19)26-24(34)27(23)11-12-32-3/h5-10,13-14,22-23H,11-12H2,1-4H3,(H,26,34)/t22-,23-/m1/s1. The van der Waals surface area contributed by atoms with Gasteiger partial charge in [-0.3, -0.25) is 15.1 Å². The lowest BCUT2D eigenvalue weighted by molar-refractivity contribution is -0.384. The van der Waals surface area contributed by atoms with Crippen LogP contribution in [0.15, 0.2) is 48.7 Å². The van der Waals surface area contributed by atoms with Crippen molar-refractivity contribution in [3.8, 4) is 11.4 Å². The fourth-order valence-electron chi connectivity index (χ4n) is 4.60. The van der Waals surface area contributed by atoms with Crippen molar-refractivity contribution in [1.29, 1.82) is 0 Å². The van der Waals surface area contributed by atoms with Gasteiger partial charge < -0.3 is 24.3 Å². The molecule has 0 unspecified atom stereocenters. The molecule has 2 aromatic heterocycles. The normalized spacial score (nSPS) is 17.6. The summed E-state index contributed by atoms with van der Waals surface area (Å²) in [6.07, 6.45) is 1.78. The summed E-state index contributed by atoms with van der Waals surface area (Å²) in [5.41, 5.74) is 4.66. The quantitative estimate of drug-likeness (QED) is 0.293. The highest BCUT2D eigenvalue weighted by atomic mass is 32.1. The third-order valence-corrected chi connectivity index (χ3v) is 6.49. The third kappa shape index (κ3) is 4.22. The van der Waals surface area contributed by atoms with Crippen molar-refractivity contribution in [2.75, 3.05) is 27.4 Å². The Morgan fingerprint density at radius 2 is 2.00 bits per heavy atom. The van der Waals surface area contributed by atoms with E-state index in [0.29, 0.717) is 24.0 Å². The zero-order valence-corrected chi connectivity index (χ0v) is 20.3. The van der Waals surface area contributed by atoms with Gasteiger partial charge in [0.15, 0.2) is 5.11 Å². The van der Waals surface area contributed by atoms with Crippen LogP contribution in [0, 0.1) is 24.0 Å². The predicted molar refractivity (Wildman–Crippen MR) is 132 cm³/mol. The van der Waals surface area contributed by atoms with Crippen molar-refractivity contribution in [2.24, 2.45) is 0 Å². The van der Waals surface area contributed by atoms with Crippen molar-refractivity contribution in [2.45, 2.75) is 25.9 Å². The van der Waals surface area contributed by atoms with Gasteiger partial charge in [-0.25, -0.2) is 0 Å². The van der Waals surface area contributed by atoms with Crippen LogP contribution in [0.5, 0.6) is 5.75 Å². The zero-order chi connectivity index (χ0) is 24.4. The smallest absolute Gasteiger partial charge is 0.273 e. The van der Waals surface area contributed by atoms with Crippen molar-refractivity contribution in [3.63, 3.8) is 0 Å². The fraction of sp³-hybridized carbons (Fsp3) is 0.333. The SMILES string of the molecule is COCCN1C(=S)N[C@H](c2ccccn2)[C@H]1c1cc(C)n(-c2ccc([N+](=O)[O-])cc2OC)c1C. The predicted octanol–water partition coefficient (Wildman–Crippen LogP) is 4.02. The molecule has 9 nitrogen and oxygen atoms in total. The first kappa shape index (κ1) is 23.7. The van der Waals surface area contributed by atoms with E-state index < -0.39 is 4.92 Å². The summed E-state index contributed by atoms with van der Waals surface area (Å²) in [5.74, 6) is 0.431. The van der Waals surface area contributed by atoms with E-state index in [1.165, 1.54) is 19.2 Å². The van der Waals surface area contributed by atoms with Crippen molar-refractivity contribution < 1.29 is 14.4 Å². The number of thiocarbonyl (C=S) groups is 1. The lowest BCUT2D eigenvalue weighted by Crippen LogP contribution is -2.32. The summed E-state index contributed by atoms with van der Waals surface area (Å²) >= 11 is 5.70. The van der Waals surface area contributed by atoms with E-state index in [0.717, 1.165) is 28.3 Å². The number of hydrogen-bond donors (Lipinski definition) is 1. The van der Waals surface area contributed by atoms with Gasteiger partial charge in [0.2, 0.25) is 0 Å². The molecular weight excluding hydrogens is 454 g/mol.